The van der Waals surface area contributed by atoms with E-state index in [2.05, 4.69) is 68.2 Å². The summed E-state index contributed by atoms with van der Waals surface area (Å²) in [6.45, 7) is 45.0. The first-order chi connectivity index (χ1) is 47.6. The summed E-state index contributed by atoms with van der Waals surface area (Å²) in [5.74, 6) is 2.16. The number of nitrogens with two attached hydrogens (primary N) is 2. The average Bonchev–Trinajstić information content (AvgIpc) is 1.63. The van der Waals surface area contributed by atoms with E-state index in [4.69, 9.17) is 53.9 Å². The van der Waals surface area contributed by atoms with Gasteiger partial charge >= 0.3 is 31.6 Å². The van der Waals surface area contributed by atoms with Gasteiger partial charge in [0.1, 0.15) is 39.7 Å². The molecule has 1 aliphatic rings. The lowest BCUT2D eigenvalue weighted by Crippen LogP contribution is -2.43. The van der Waals surface area contributed by atoms with Gasteiger partial charge in [-0.15, -0.1) is 12.4 Å². The molecular weight excluding hydrogens is 1490 g/mol. The minimum absolute atomic E-state index is 0. The summed E-state index contributed by atoms with van der Waals surface area (Å²) in [5.41, 5.74) is 16.4. The van der Waals surface area contributed by atoms with Crippen molar-refractivity contribution in [3.63, 3.8) is 0 Å². The van der Waals surface area contributed by atoms with E-state index in [0.717, 1.165) is 64.7 Å². The minimum atomic E-state index is -1.06. The number of aromatic nitrogens is 3. The first-order valence-corrected chi connectivity index (χ1v) is 35.5. The molecule has 0 saturated carbocycles. The predicted octanol–water partition coefficient (Wildman–Crippen LogP) is 19.0. The van der Waals surface area contributed by atoms with Crippen LogP contribution in [0.2, 0.25) is 0 Å². The summed E-state index contributed by atoms with van der Waals surface area (Å²) in [7, 11) is 4.49. The maximum atomic E-state index is 12.1. The van der Waals surface area contributed by atoms with Crippen LogP contribution in [0.3, 0.4) is 0 Å². The molecule has 0 radical (unpaired) electrons. The van der Waals surface area contributed by atoms with Crippen molar-refractivity contribution in [3.8, 4) is 39.5 Å². The SMILES string of the molecule is CC(C)(C)OC(=O)NC(C)(C)c1cccc(Br)c1.CC(C)(C)OC(=O)OC(=O)OC(C)(C)C.CC(C)(N)c1cccc(Br)c1.COc1cnccc1-c1cccc(C(C)(C)N)c1.COc1cnccc1-c1cccc(C(C)(C)NC(=O)OC(C)(C)C)c1.COc1cnccc1B1OC(C)(C)C(C)(C)O1.Cl. The normalized spacial score (nSPS) is 13.2. The van der Waals surface area contributed by atoms with Crippen molar-refractivity contribution in [2.45, 2.75) is 222 Å². The molecule has 105 heavy (non-hydrogen) atoms. The van der Waals surface area contributed by atoms with Gasteiger partial charge in [0.05, 0.1) is 62.2 Å². The molecule has 576 valence electrons. The van der Waals surface area contributed by atoms with E-state index in [1.54, 1.807) is 100 Å². The Bertz CT molecular complexity index is 3890. The molecule has 1 aliphatic heterocycles. The van der Waals surface area contributed by atoms with Gasteiger partial charge in [-0.05, 0) is 254 Å². The standard InChI is InChI=1S/C20H26N2O3.C15H18N2O.C14H20BrNO2.C12H18BNO3.C10H18O5.C9H12BrN.ClH/c1-19(2,3)25-18(23)22-20(4,5)15-9-7-8-14(12-15)16-10-11-21-13-17(16)24-6;1-15(2,16)12-6-4-5-11(9-12)13-7-8-17-10-14(13)18-3;1-13(2,3)18-12(17)16-14(4,5)10-7-6-8-11(15)9-10;1-11(2)12(3,4)17-13(16-11)9-6-7-14-8-10(9)15-5;1-9(2,3)14-7(11)13-8(12)15-10(4,5)6;1-9(2,11)7-4-3-5-8(10)6-7;/h7-13H,1-6H3,(H,22,23);4-10H,16H2,1-3H3;6-9H,1-5H3,(H,16,17);6-8H,1-5H3;1-6H3;3-6H,11H2,1-2H3;1H. The van der Waals surface area contributed by atoms with Crippen LogP contribution in [-0.2, 0) is 55.1 Å². The molecule has 1 saturated heterocycles. The molecule has 6 N–H and O–H groups in total. The molecule has 21 nitrogen and oxygen atoms in total. The Morgan fingerprint density at radius 3 is 1.07 bits per heavy atom. The van der Waals surface area contributed by atoms with Gasteiger partial charge < -0.3 is 69.3 Å². The van der Waals surface area contributed by atoms with Crippen molar-refractivity contribution in [3.05, 3.63) is 184 Å². The average molecular weight is 1600 g/mol. The zero-order chi connectivity index (χ0) is 79.3. The summed E-state index contributed by atoms with van der Waals surface area (Å²) < 4.78 is 54.4. The van der Waals surface area contributed by atoms with E-state index in [0.29, 0.717) is 11.5 Å². The molecule has 0 unspecified atom stereocenters. The highest BCUT2D eigenvalue weighted by molar-refractivity contribution is 9.10. The zero-order valence-corrected chi connectivity index (χ0v) is 70.4. The highest BCUT2D eigenvalue weighted by atomic mass is 79.9. The Balaban J connectivity index is 0.000000434. The topological polar surface area (TPSA) is 275 Å². The molecular formula is C80H113BBr2ClN7O14. The number of nitrogens with zero attached hydrogens (tertiary/aromatic N) is 3. The van der Waals surface area contributed by atoms with Gasteiger partial charge in [0, 0.05) is 55.2 Å². The summed E-state index contributed by atoms with van der Waals surface area (Å²) in [4.78, 5) is 58.1. The fourth-order valence-electron chi connectivity index (χ4n) is 9.09. The van der Waals surface area contributed by atoms with Crippen LogP contribution in [0.15, 0.2) is 161 Å². The second-order valence-corrected chi connectivity index (χ2v) is 33.3. The van der Waals surface area contributed by atoms with Crippen molar-refractivity contribution in [2.24, 2.45) is 11.5 Å². The lowest BCUT2D eigenvalue weighted by atomic mass is 9.79. The molecule has 4 heterocycles. The number of ether oxygens (including phenoxy) is 8. The van der Waals surface area contributed by atoms with Crippen molar-refractivity contribution >= 4 is 81.3 Å². The van der Waals surface area contributed by atoms with Gasteiger partial charge in [-0.2, -0.15) is 0 Å². The fraction of sp³-hybridized carbons (Fsp3) is 0.463. The number of amides is 2. The molecule has 4 aromatic carbocycles. The van der Waals surface area contributed by atoms with Crippen molar-refractivity contribution in [1.29, 1.82) is 0 Å². The summed E-state index contributed by atoms with van der Waals surface area (Å²) in [5, 5.41) is 5.81. The number of hydrogen-bond acceptors (Lipinski definition) is 19. The Hall–Kier alpha value is -7.84. The second-order valence-electron chi connectivity index (χ2n) is 31.5. The van der Waals surface area contributed by atoms with Gasteiger partial charge in [-0.1, -0.05) is 92.5 Å². The third kappa shape index (κ3) is 33.2. The highest BCUT2D eigenvalue weighted by Gasteiger charge is 2.52. The fourth-order valence-corrected chi connectivity index (χ4v) is 9.89. The quantitative estimate of drug-likeness (QED) is 0.0383. The number of methoxy groups -OCH3 is 3. The molecule has 7 aromatic rings. The van der Waals surface area contributed by atoms with E-state index in [1.807, 2.05) is 234 Å². The van der Waals surface area contributed by atoms with Crippen molar-refractivity contribution < 1.29 is 66.4 Å². The maximum Gasteiger partial charge on any atom is 0.519 e. The molecule has 0 atom stereocenters. The van der Waals surface area contributed by atoms with Gasteiger partial charge in [-0.3, -0.25) is 15.0 Å². The number of halogens is 3. The van der Waals surface area contributed by atoms with Crippen LogP contribution in [0.1, 0.15) is 188 Å². The molecule has 0 bridgehead atoms. The molecule has 25 heteroatoms. The lowest BCUT2D eigenvalue weighted by molar-refractivity contribution is -0.0295. The summed E-state index contributed by atoms with van der Waals surface area (Å²) in [6, 6.07) is 37.8. The predicted molar refractivity (Wildman–Crippen MR) is 427 cm³/mol. The first kappa shape index (κ1) is 93.2. The maximum absolute atomic E-state index is 12.1. The van der Waals surface area contributed by atoms with Crippen molar-refractivity contribution in [1.82, 2.24) is 25.6 Å². The Labute approximate surface area is 647 Å². The molecule has 2 amide bonds. The van der Waals surface area contributed by atoms with Crippen LogP contribution in [-0.4, -0.2) is 102 Å². The number of nitrogens with one attached hydrogen (secondary N) is 2. The Morgan fingerprint density at radius 2 is 0.733 bits per heavy atom. The van der Waals surface area contributed by atoms with Gasteiger partial charge in [0.15, 0.2) is 0 Å². The number of rotatable bonds is 12. The lowest BCUT2D eigenvalue weighted by Gasteiger charge is -2.32. The van der Waals surface area contributed by atoms with Crippen LogP contribution in [0, 0.1) is 0 Å². The number of alkyl carbamates (subject to hydrolysis) is 2. The Kier molecular flexibility index (Phi) is 34.8. The van der Waals surface area contributed by atoms with E-state index >= 15 is 0 Å². The number of carbonyl (C=O) groups is 4. The second kappa shape index (κ2) is 39.1. The third-order valence-electron chi connectivity index (χ3n) is 15.1. The van der Waals surface area contributed by atoms with Crippen LogP contribution in [0.4, 0.5) is 19.2 Å². The van der Waals surface area contributed by atoms with Crippen LogP contribution >= 0.6 is 44.3 Å². The molecule has 3 aromatic heterocycles. The van der Waals surface area contributed by atoms with E-state index < -0.39 is 65.1 Å². The van der Waals surface area contributed by atoms with Crippen molar-refractivity contribution in [2.75, 3.05) is 21.3 Å². The third-order valence-corrected chi connectivity index (χ3v) is 16.0. The number of benzene rings is 4. The molecule has 0 spiro atoms. The molecule has 8 rings (SSSR count). The van der Waals surface area contributed by atoms with E-state index in [-0.39, 0.29) is 34.7 Å². The summed E-state index contributed by atoms with van der Waals surface area (Å²) in [6.07, 6.45) is 7.31. The largest absolute Gasteiger partial charge is 0.519 e. The molecule has 0 aliphatic carbocycles. The zero-order valence-electron chi connectivity index (χ0n) is 66.4. The van der Waals surface area contributed by atoms with Gasteiger partial charge in [-0.25, -0.2) is 19.2 Å². The van der Waals surface area contributed by atoms with E-state index in [9.17, 15) is 19.2 Å². The van der Waals surface area contributed by atoms with Crippen LogP contribution in [0.25, 0.3) is 22.3 Å². The van der Waals surface area contributed by atoms with Gasteiger partial charge in [0.2, 0.25) is 0 Å². The number of carbonyl (C=O) groups excluding carboxylic acids is 4. The monoisotopic (exact) mass is 1600 g/mol. The smallest absolute Gasteiger partial charge is 0.496 e. The van der Waals surface area contributed by atoms with E-state index in [1.165, 1.54) is 0 Å². The number of pyridine rings is 3. The minimum Gasteiger partial charge on any atom is -0.496 e. The number of hydrogen-bond donors (Lipinski definition) is 4. The van der Waals surface area contributed by atoms with Crippen LogP contribution in [0.5, 0.6) is 17.2 Å². The van der Waals surface area contributed by atoms with Gasteiger partial charge in [0.25, 0.3) is 0 Å². The van der Waals surface area contributed by atoms with Crippen LogP contribution < -0.4 is 41.8 Å². The Morgan fingerprint density at radius 1 is 0.429 bits per heavy atom. The summed E-state index contributed by atoms with van der Waals surface area (Å²) >= 11 is 6.82. The first-order valence-electron chi connectivity index (χ1n) is 33.9. The highest BCUT2D eigenvalue weighted by Crippen LogP contribution is 2.38. The molecule has 1 fully saturated rings.